The maximum absolute atomic E-state index is 13.3. The molecular formula is C12H16Cl2FNS. The van der Waals surface area contributed by atoms with Crippen LogP contribution in [0.1, 0.15) is 24.9 Å². The van der Waals surface area contributed by atoms with Gasteiger partial charge in [-0.15, -0.1) is 0 Å². The van der Waals surface area contributed by atoms with E-state index in [0.29, 0.717) is 5.02 Å². The first-order chi connectivity index (χ1) is 8.06. The molecule has 0 aliphatic heterocycles. The Morgan fingerprint density at radius 2 is 2.06 bits per heavy atom. The van der Waals surface area contributed by atoms with Gasteiger partial charge in [-0.2, -0.15) is 11.8 Å². The molecule has 5 heteroatoms. The molecule has 1 aromatic rings. The van der Waals surface area contributed by atoms with Crippen LogP contribution in [0.5, 0.6) is 0 Å². The summed E-state index contributed by atoms with van der Waals surface area (Å²) in [6.07, 6.45) is 3.16. The lowest BCUT2D eigenvalue weighted by molar-refractivity contribution is 0.564. The van der Waals surface area contributed by atoms with Crippen LogP contribution in [0.3, 0.4) is 0 Å². The molecule has 0 heterocycles. The summed E-state index contributed by atoms with van der Waals surface area (Å²) in [4.78, 5) is 0. The van der Waals surface area contributed by atoms with Gasteiger partial charge < -0.3 is 5.32 Å². The number of halogens is 3. The molecule has 0 amide bonds. The summed E-state index contributed by atoms with van der Waals surface area (Å²) in [5.41, 5.74) is 0.748. The zero-order valence-electron chi connectivity index (χ0n) is 9.90. The molecule has 0 radical (unpaired) electrons. The number of thioether (sulfide) groups is 1. The lowest BCUT2D eigenvalue weighted by Crippen LogP contribution is -2.20. The van der Waals surface area contributed by atoms with E-state index in [2.05, 4.69) is 11.6 Å². The van der Waals surface area contributed by atoms with Crippen LogP contribution in [0, 0.1) is 5.82 Å². The van der Waals surface area contributed by atoms with Crippen LogP contribution in [0.25, 0.3) is 0 Å². The van der Waals surface area contributed by atoms with Crippen LogP contribution in [-0.2, 0) is 0 Å². The fourth-order valence-corrected chi connectivity index (χ4v) is 2.49. The summed E-state index contributed by atoms with van der Waals surface area (Å²) in [6.45, 7) is 2.86. The maximum atomic E-state index is 13.3. The second kappa shape index (κ2) is 7.47. The molecule has 1 aromatic carbocycles. The van der Waals surface area contributed by atoms with Gasteiger partial charge >= 0.3 is 0 Å². The molecule has 17 heavy (non-hydrogen) atoms. The average molecular weight is 296 g/mol. The average Bonchev–Trinajstić information content (AvgIpc) is 2.29. The van der Waals surface area contributed by atoms with E-state index in [1.54, 1.807) is 0 Å². The minimum Gasteiger partial charge on any atom is -0.310 e. The zero-order chi connectivity index (χ0) is 12.8. The summed E-state index contributed by atoms with van der Waals surface area (Å²) in [7, 11) is 0. The van der Waals surface area contributed by atoms with Gasteiger partial charge in [0.25, 0.3) is 0 Å². The summed E-state index contributed by atoms with van der Waals surface area (Å²) >= 11 is 13.5. The molecule has 0 aliphatic rings. The van der Waals surface area contributed by atoms with Gasteiger partial charge in [0.15, 0.2) is 0 Å². The van der Waals surface area contributed by atoms with Crippen molar-refractivity contribution in [1.82, 2.24) is 5.32 Å². The lowest BCUT2D eigenvalue weighted by Gasteiger charge is -2.16. The summed E-state index contributed by atoms with van der Waals surface area (Å²) < 4.78 is 13.3. The molecule has 1 rings (SSSR count). The summed E-state index contributed by atoms with van der Waals surface area (Å²) in [6, 6.07) is 2.88. The molecule has 0 saturated heterocycles. The number of benzene rings is 1. The summed E-state index contributed by atoms with van der Waals surface area (Å²) in [5, 5.41) is 3.88. The molecule has 0 aromatic heterocycles. The van der Waals surface area contributed by atoms with E-state index in [0.717, 1.165) is 24.3 Å². The highest BCUT2D eigenvalue weighted by atomic mass is 35.5. The van der Waals surface area contributed by atoms with Crippen LogP contribution in [-0.4, -0.2) is 18.6 Å². The van der Waals surface area contributed by atoms with Crippen LogP contribution in [0.2, 0.25) is 10.0 Å². The Hall–Kier alpha value is 0.0400. The smallest absolute Gasteiger partial charge is 0.142 e. The fourth-order valence-electron chi connectivity index (χ4n) is 1.51. The van der Waals surface area contributed by atoms with Crippen molar-refractivity contribution >= 4 is 35.0 Å². The van der Waals surface area contributed by atoms with Crippen LogP contribution < -0.4 is 5.32 Å². The fraction of sp³-hybridized carbons (Fsp3) is 0.500. The monoisotopic (exact) mass is 295 g/mol. The molecule has 96 valence electrons. The van der Waals surface area contributed by atoms with Crippen molar-refractivity contribution in [1.29, 1.82) is 0 Å². The van der Waals surface area contributed by atoms with Gasteiger partial charge in [-0.3, -0.25) is 0 Å². The first-order valence-corrected chi connectivity index (χ1v) is 7.58. The molecule has 1 N–H and O–H groups in total. The van der Waals surface area contributed by atoms with Gasteiger partial charge in [0, 0.05) is 11.1 Å². The standard InChI is InChI=1S/C12H16Cl2FNS/c1-8(16-4-3-5-17-2)9-6-12(15)11(14)7-10(9)13/h6-8,16H,3-5H2,1-2H3. The number of hydrogen-bond acceptors (Lipinski definition) is 2. The Morgan fingerprint density at radius 1 is 1.35 bits per heavy atom. The Bertz CT molecular complexity index is 374. The van der Waals surface area contributed by atoms with Crippen molar-refractivity contribution in [2.75, 3.05) is 18.6 Å². The van der Waals surface area contributed by atoms with Gasteiger partial charge in [0.2, 0.25) is 0 Å². The van der Waals surface area contributed by atoms with Crippen molar-refractivity contribution in [2.24, 2.45) is 0 Å². The van der Waals surface area contributed by atoms with E-state index >= 15 is 0 Å². The first kappa shape index (κ1) is 15.1. The van der Waals surface area contributed by atoms with Crippen molar-refractivity contribution in [2.45, 2.75) is 19.4 Å². The lowest BCUT2D eigenvalue weighted by atomic mass is 10.1. The normalized spacial score (nSPS) is 12.8. The Morgan fingerprint density at radius 3 is 2.71 bits per heavy atom. The molecule has 0 fully saturated rings. The minimum absolute atomic E-state index is 0.0242. The molecular weight excluding hydrogens is 280 g/mol. The Balaban J connectivity index is 2.62. The topological polar surface area (TPSA) is 12.0 Å². The van der Waals surface area contributed by atoms with E-state index in [4.69, 9.17) is 23.2 Å². The van der Waals surface area contributed by atoms with Crippen molar-refractivity contribution in [3.63, 3.8) is 0 Å². The molecule has 0 bridgehead atoms. The molecule has 0 spiro atoms. The van der Waals surface area contributed by atoms with Crippen LogP contribution in [0.4, 0.5) is 4.39 Å². The third kappa shape index (κ3) is 4.66. The first-order valence-electron chi connectivity index (χ1n) is 5.43. The Labute approximate surface area is 116 Å². The SMILES string of the molecule is CSCCCNC(C)c1cc(F)c(Cl)cc1Cl. The quantitative estimate of drug-likeness (QED) is 0.611. The zero-order valence-corrected chi connectivity index (χ0v) is 12.2. The molecule has 0 saturated carbocycles. The van der Waals surface area contributed by atoms with Crippen molar-refractivity contribution in [3.05, 3.63) is 33.6 Å². The second-order valence-corrected chi connectivity index (χ2v) is 5.61. The van der Waals surface area contributed by atoms with Gasteiger partial charge in [-0.05, 0) is 49.6 Å². The highest BCUT2D eigenvalue weighted by Gasteiger charge is 2.12. The predicted molar refractivity (Wildman–Crippen MR) is 75.8 cm³/mol. The number of rotatable bonds is 6. The number of nitrogens with one attached hydrogen (secondary N) is 1. The highest BCUT2D eigenvalue weighted by Crippen LogP contribution is 2.28. The highest BCUT2D eigenvalue weighted by molar-refractivity contribution is 7.98. The van der Waals surface area contributed by atoms with E-state index in [1.165, 1.54) is 12.1 Å². The third-order valence-corrected chi connectivity index (χ3v) is 3.80. The van der Waals surface area contributed by atoms with Crippen LogP contribution in [0.15, 0.2) is 12.1 Å². The maximum Gasteiger partial charge on any atom is 0.142 e. The van der Waals surface area contributed by atoms with E-state index in [-0.39, 0.29) is 11.1 Å². The molecule has 1 atom stereocenters. The third-order valence-electron chi connectivity index (χ3n) is 2.48. The molecule has 0 aliphatic carbocycles. The van der Waals surface area contributed by atoms with E-state index < -0.39 is 5.82 Å². The van der Waals surface area contributed by atoms with E-state index in [1.807, 2.05) is 18.7 Å². The van der Waals surface area contributed by atoms with Crippen LogP contribution >= 0.6 is 35.0 Å². The van der Waals surface area contributed by atoms with Crippen molar-refractivity contribution < 1.29 is 4.39 Å². The predicted octanol–water partition coefficient (Wildman–Crippen LogP) is 4.54. The van der Waals surface area contributed by atoms with Gasteiger partial charge in [-0.25, -0.2) is 4.39 Å². The second-order valence-electron chi connectivity index (χ2n) is 3.81. The number of hydrogen-bond donors (Lipinski definition) is 1. The van der Waals surface area contributed by atoms with Gasteiger partial charge in [0.1, 0.15) is 5.82 Å². The van der Waals surface area contributed by atoms with Gasteiger partial charge in [0.05, 0.1) is 5.02 Å². The summed E-state index contributed by atoms with van der Waals surface area (Å²) in [5.74, 6) is 0.687. The van der Waals surface area contributed by atoms with E-state index in [9.17, 15) is 4.39 Å². The molecule has 1 nitrogen and oxygen atoms in total. The van der Waals surface area contributed by atoms with Crippen molar-refractivity contribution in [3.8, 4) is 0 Å². The largest absolute Gasteiger partial charge is 0.310 e. The minimum atomic E-state index is -0.427. The Kier molecular flexibility index (Phi) is 6.63. The van der Waals surface area contributed by atoms with Gasteiger partial charge in [-0.1, -0.05) is 23.2 Å². The molecule has 1 unspecified atom stereocenters.